The lowest BCUT2D eigenvalue weighted by molar-refractivity contribution is -0.128. The molecule has 0 radical (unpaired) electrons. The smallest absolute Gasteiger partial charge is 0.490 e. The number of nitrogen functional groups attached to an aromatic ring is 1. The van der Waals surface area contributed by atoms with Gasteiger partial charge in [-0.05, 0) is 111 Å². The summed E-state index contributed by atoms with van der Waals surface area (Å²) in [5.41, 5.74) is 24.6. The molecule has 1 saturated heterocycles. The average Bonchev–Trinajstić information content (AvgIpc) is 1.57. The van der Waals surface area contributed by atoms with Crippen LogP contribution in [0.2, 0.25) is 0 Å². The first-order chi connectivity index (χ1) is 49.7. The first-order valence-corrected chi connectivity index (χ1v) is 36.0. The number of nitrogens with zero attached hydrogens (tertiary/aromatic N) is 10. The number of rotatable bonds is 36. The molecule has 7 unspecified atom stereocenters. The van der Waals surface area contributed by atoms with Crippen molar-refractivity contribution in [3.63, 3.8) is 0 Å². The number of phosphoric ester groups is 1. The van der Waals surface area contributed by atoms with Crippen LogP contribution in [0.4, 0.5) is 11.5 Å². The molecule has 0 bridgehead atoms. The normalized spacial score (nSPS) is 17.9. The zero-order valence-electron chi connectivity index (χ0n) is 55.2. The summed E-state index contributed by atoms with van der Waals surface area (Å²) in [4.78, 5) is 146. The van der Waals surface area contributed by atoms with Crippen molar-refractivity contribution in [3.05, 3.63) is 180 Å². The lowest BCUT2D eigenvalue weighted by atomic mass is 10.1. The van der Waals surface area contributed by atoms with E-state index < -0.39 is 122 Å². The van der Waals surface area contributed by atoms with Crippen LogP contribution in [0, 0.1) is 11.8 Å². The number of fused-ring (bicyclic) bond motifs is 2. The molecule has 3 aromatic heterocycles. The predicted octanol–water partition coefficient (Wildman–Crippen LogP) is 5.61. The van der Waals surface area contributed by atoms with E-state index in [1.54, 1.807) is 60.7 Å². The average molecular weight is 1500 g/mol. The molecule has 1 aliphatic carbocycles. The number of azide groups is 2. The molecule has 0 spiro atoms. The lowest BCUT2D eigenvalue weighted by Gasteiger charge is -2.21. The SMILES string of the molecule is CCN(CC)c1ccc2cc(-c3nc4cc(C(=O)NC(CNC(=O)C5=C/C=C\C=C/C=C\5)C(=O)NCCCCCNC(=O)c5cccc(OCC(N=[N+]=[N-])OCC(=O)NCC#Cc6cn(C7CC(OCN=[N+]=[N-])C(COP(=O)(O)OP(=O)(O)OP(=O)(O)O)O7)c(=O)nc6N)c5)ccc4o3)c(=O)oc2c1. The van der Waals surface area contributed by atoms with Crippen LogP contribution in [0.5, 0.6) is 5.75 Å². The molecule has 3 aromatic carbocycles. The molecule has 42 heteroatoms. The van der Waals surface area contributed by atoms with Crippen LogP contribution in [0.3, 0.4) is 0 Å². The second-order valence-corrected chi connectivity index (χ2v) is 26.5. The van der Waals surface area contributed by atoms with Crippen molar-refractivity contribution >= 4 is 86.6 Å². The minimum Gasteiger partial charge on any atom is -0.491 e. The zero-order valence-corrected chi connectivity index (χ0v) is 57.9. The van der Waals surface area contributed by atoms with Gasteiger partial charge in [0.1, 0.15) is 66.5 Å². The third-order valence-electron chi connectivity index (χ3n) is 14.9. The van der Waals surface area contributed by atoms with Gasteiger partial charge in [0.25, 0.3) is 17.7 Å². The van der Waals surface area contributed by atoms with Crippen LogP contribution in [-0.2, 0) is 55.4 Å². The van der Waals surface area contributed by atoms with Crippen molar-refractivity contribution in [3.8, 4) is 29.0 Å². The number of nitrogens with one attached hydrogen (secondary N) is 5. The summed E-state index contributed by atoms with van der Waals surface area (Å²) in [6.45, 7) is 2.72. The van der Waals surface area contributed by atoms with Crippen LogP contribution in [0.1, 0.15) is 72.0 Å². The van der Waals surface area contributed by atoms with E-state index in [0.717, 1.165) is 29.5 Å². The van der Waals surface area contributed by atoms with E-state index in [1.807, 2.05) is 26.0 Å². The van der Waals surface area contributed by atoms with Crippen LogP contribution in [-0.4, -0.2) is 154 Å². The van der Waals surface area contributed by atoms with Crippen LogP contribution >= 0.6 is 23.5 Å². The molecule has 0 saturated carbocycles. The van der Waals surface area contributed by atoms with Crippen LogP contribution in [0.25, 0.3) is 54.4 Å². The zero-order chi connectivity index (χ0) is 75.0. The number of carbonyl (C=O) groups excluding carboxylic acids is 5. The fourth-order valence-electron chi connectivity index (χ4n) is 9.93. The Balaban J connectivity index is 0.775. The van der Waals surface area contributed by atoms with Crippen molar-refractivity contribution < 1.29 is 98.2 Å². The van der Waals surface area contributed by atoms with E-state index in [4.69, 9.17) is 48.8 Å². The molecule has 8 rings (SSSR count). The van der Waals surface area contributed by atoms with Gasteiger partial charge in [-0.15, -0.1) is 0 Å². The number of nitrogens with two attached hydrogens (primary N) is 1. The third-order valence-corrected chi connectivity index (χ3v) is 18.7. The largest absolute Gasteiger partial charge is 0.491 e. The molecule has 1 aliphatic heterocycles. The van der Waals surface area contributed by atoms with Gasteiger partial charge in [-0.25, -0.2) is 28.3 Å². The maximum absolute atomic E-state index is 13.9. The van der Waals surface area contributed by atoms with Crippen molar-refractivity contribution in [2.75, 3.05) is 76.5 Å². The Hall–Kier alpha value is -10.6. The molecule has 104 heavy (non-hydrogen) atoms. The molecule has 5 amide bonds. The minimum absolute atomic E-state index is 0.0219. The first-order valence-electron chi connectivity index (χ1n) is 31.4. The number of phosphoric acid groups is 3. The maximum Gasteiger partial charge on any atom is 0.490 e. The highest BCUT2D eigenvalue weighted by atomic mass is 31.3. The molecule has 550 valence electrons. The Morgan fingerprint density at radius 2 is 1.59 bits per heavy atom. The minimum atomic E-state index is -5.87. The number of aromatic nitrogens is 3. The molecule has 6 aromatic rings. The van der Waals surface area contributed by atoms with Crippen molar-refractivity contribution in [2.45, 2.75) is 70.2 Å². The van der Waals surface area contributed by atoms with Gasteiger partial charge in [-0.1, -0.05) is 58.5 Å². The van der Waals surface area contributed by atoms with Gasteiger partial charge >= 0.3 is 34.8 Å². The van der Waals surface area contributed by atoms with Gasteiger partial charge in [-0.3, -0.25) is 33.1 Å². The molecule has 4 heterocycles. The highest BCUT2D eigenvalue weighted by Crippen LogP contribution is 2.66. The summed E-state index contributed by atoms with van der Waals surface area (Å²) in [5.74, 6) is 2.10. The van der Waals surface area contributed by atoms with Crippen LogP contribution < -0.4 is 53.3 Å². The number of hydrogen-bond donors (Lipinski definition) is 10. The van der Waals surface area contributed by atoms with Gasteiger partial charge in [0.15, 0.2) is 11.8 Å². The number of allylic oxidation sites excluding steroid dienone is 6. The number of benzene rings is 3. The molecular weight excluding hydrogens is 1430 g/mol. The topological polar surface area (TPSA) is 560 Å². The fourth-order valence-corrected chi connectivity index (χ4v) is 13.0. The van der Waals surface area contributed by atoms with Gasteiger partial charge in [-0.2, -0.15) is 13.6 Å². The maximum atomic E-state index is 13.9. The predicted molar refractivity (Wildman–Crippen MR) is 369 cm³/mol. The van der Waals surface area contributed by atoms with E-state index in [1.165, 1.54) is 36.4 Å². The summed E-state index contributed by atoms with van der Waals surface area (Å²) in [7, 11) is -17.2. The Kier molecular flexibility index (Phi) is 28.6. The Morgan fingerprint density at radius 3 is 2.35 bits per heavy atom. The number of ether oxygens (including phenoxy) is 4. The van der Waals surface area contributed by atoms with Gasteiger partial charge in [0, 0.05) is 89.0 Å². The Labute approximate surface area is 589 Å². The fraction of sp³-hybridized carbons (Fsp3) is 0.339. The van der Waals surface area contributed by atoms with Gasteiger partial charge in [0.2, 0.25) is 17.7 Å². The van der Waals surface area contributed by atoms with E-state index in [0.29, 0.717) is 35.8 Å². The molecule has 2 aliphatic rings. The number of unbranched alkanes of at least 4 members (excludes halogenated alkanes) is 2. The van der Waals surface area contributed by atoms with Gasteiger partial charge in [0.05, 0.1) is 24.8 Å². The van der Waals surface area contributed by atoms with Gasteiger partial charge < -0.3 is 84.6 Å². The molecular formula is C62H69N16O23P3. The second kappa shape index (κ2) is 37.5. The van der Waals surface area contributed by atoms with Crippen molar-refractivity contribution in [1.29, 1.82) is 0 Å². The quantitative estimate of drug-likeness (QED) is 0.00434. The number of hydrogen-bond acceptors (Lipinski definition) is 25. The number of amides is 5. The molecule has 1 fully saturated rings. The Morgan fingerprint density at radius 1 is 0.827 bits per heavy atom. The van der Waals surface area contributed by atoms with Crippen molar-refractivity contribution in [1.82, 2.24) is 41.1 Å². The number of anilines is 2. The summed E-state index contributed by atoms with van der Waals surface area (Å²) in [5, 5.41) is 20.9. The van der Waals surface area contributed by atoms with E-state index in [2.05, 4.69) is 86.5 Å². The summed E-state index contributed by atoms with van der Waals surface area (Å²) < 4.78 is 82.1. The molecule has 7 atom stereocenters. The molecule has 11 N–H and O–H groups in total. The third kappa shape index (κ3) is 23.7. The number of carbonyl (C=O) groups is 5. The molecule has 39 nitrogen and oxygen atoms in total. The van der Waals surface area contributed by atoms with E-state index >= 15 is 0 Å². The lowest BCUT2D eigenvalue weighted by Crippen LogP contribution is -2.52. The van der Waals surface area contributed by atoms with E-state index in [-0.39, 0.29) is 83.4 Å². The standard InChI is InChI=1S/C62H69N16O23P3/c1-3-77(4-2)43-22-20-39-28-45(61(84)99-49(39)30-43)60-72-46-29-41(21-23-48(46)98-60)58(82)71-47(32-69-56(80)38-15-9-6-5-7-10-16-38)59(83)68-25-12-8-11-24-67-57(81)40-17-13-19-44(27-40)93-36-53(74-76-65)94-35-52(79)66-26-14-18-42-33-78(62(85)73-55(42)63)54-31-50(95-37-70-75-64)51(97-54)34-96-103(89,90)101-104(91,92)100-102(86,87)88/h5-7,9-10,13,15-17,19-23,27-30,33,47,50-51,53-54H,3-4,8,11-12,24-26,31-32,34-37H2,1-2H3,(H,66,79)(H,67,81)(H,68,83)(H,69,80)(H,71,82)(H,89,90)(H,91,92)(H2,63,73,85)(H2,86,87,88)/b6-5-,7-5?,9-6?,10-7-,15-9-,16-10?,38-15?,38-16+. The highest BCUT2D eigenvalue weighted by molar-refractivity contribution is 7.66. The van der Waals surface area contributed by atoms with Crippen LogP contribution in [0.15, 0.2) is 150 Å². The summed E-state index contributed by atoms with van der Waals surface area (Å²) in [6.07, 6.45) is 8.96. The Bertz CT molecular complexity index is 4740. The number of oxazole rings is 1. The van der Waals surface area contributed by atoms with E-state index in [9.17, 15) is 62.6 Å². The highest BCUT2D eigenvalue weighted by Gasteiger charge is 2.44. The first kappa shape index (κ1) is 79.1. The second-order valence-electron chi connectivity index (χ2n) is 22.1. The summed E-state index contributed by atoms with van der Waals surface area (Å²) >= 11 is 0. The summed E-state index contributed by atoms with van der Waals surface area (Å²) in [6, 6.07) is 16.4. The van der Waals surface area contributed by atoms with Crippen molar-refractivity contribution in [2.24, 2.45) is 10.2 Å². The monoisotopic (exact) mass is 1500 g/mol.